The number of imide groups is 1. The SMILES string of the molecule is CCN(C(=O)CCN1C(=O)CCC1=O)C(C)CC(=O)O. The Balaban J connectivity index is 2.53. The Morgan fingerprint density at radius 1 is 1.30 bits per heavy atom. The van der Waals surface area contributed by atoms with E-state index in [1.807, 2.05) is 0 Å². The summed E-state index contributed by atoms with van der Waals surface area (Å²) >= 11 is 0. The lowest BCUT2D eigenvalue weighted by Crippen LogP contribution is -2.41. The second-order valence-electron chi connectivity index (χ2n) is 4.82. The lowest BCUT2D eigenvalue weighted by Gasteiger charge is -2.27. The number of aliphatic carboxylic acids is 1. The summed E-state index contributed by atoms with van der Waals surface area (Å²) in [5.74, 6) is -1.70. The van der Waals surface area contributed by atoms with Gasteiger partial charge in [-0.1, -0.05) is 0 Å². The predicted octanol–water partition coefficient (Wildman–Crippen LogP) is 0.237. The Kier molecular flexibility index (Phi) is 5.66. The van der Waals surface area contributed by atoms with Gasteiger partial charge in [0.05, 0.1) is 6.42 Å². The number of hydrogen-bond acceptors (Lipinski definition) is 4. The number of hydrogen-bond donors (Lipinski definition) is 1. The Labute approximate surface area is 117 Å². The summed E-state index contributed by atoms with van der Waals surface area (Å²) in [6.45, 7) is 3.91. The molecule has 1 unspecified atom stereocenters. The molecule has 1 aliphatic rings. The molecular weight excluding hydrogens is 264 g/mol. The molecule has 1 heterocycles. The minimum atomic E-state index is -0.964. The van der Waals surface area contributed by atoms with Crippen molar-refractivity contribution in [3.05, 3.63) is 0 Å². The number of likely N-dealkylation sites (tertiary alicyclic amines) is 1. The minimum absolute atomic E-state index is 0.0370. The van der Waals surface area contributed by atoms with Gasteiger partial charge in [-0.15, -0.1) is 0 Å². The number of carbonyl (C=O) groups excluding carboxylic acids is 3. The summed E-state index contributed by atoms with van der Waals surface area (Å²) in [4.78, 5) is 48.1. The molecule has 3 amide bonds. The van der Waals surface area contributed by atoms with E-state index in [4.69, 9.17) is 5.11 Å². The van der Waals surface area contributed by atoms with E-state index in [0.29, 0.717) is 6.54 Å². The monoisotopic (exact) mass is 284 g/mol. The molecule has 1 N–H and O–H groups in total. The molecule has 1 aliphatic heterocycles. The molecular formula is C13H20N2O5. The zero-order valence-electron chi connectivity index (χ0n) is 11.8. The van der Waals surface area contributed by atoms with Crippen LogP contribution >= 0.6 is 0 Å². The Bertz CT molecular complexity index is 405. The highest BCUT2D eigenvalue weighted by Gasteiger charge is 2.30. The molecule has 7 heteroatoms. The summed E-state index contributed by atoms with van der Waals surface area (Å²) in [6.07, 6.45) is 0.330. The third-order valence-corrected chi connectivity index (χ3v) is 3.37. The molecule has 0 aromatic rings. The van der Waals surface area contributed by atoms with Gasteiger partial charge in [-0.3, -0.25) is 24.1 Å². The number of amides is 3. The average Bonchev–Trinajstić information content (AvgIpc) is 2.66. The Morgan fingerprint density at radius 2 is 1.85 bits per heavy atom. The molecule has 0 saturated carbocycles. The molecule has 20 heavy (non-hydrogen) atoms. The van der Waals surface area contributed by atoms with Crippen LogP contribution in [0.4, 0.5) is 0 Å². The van der Waals surface area contributed by atoms with Gasteiger partial charge in [0.2, 0.25) is 17.7 Å². The highest BCUT2D eigenvalue weighted by Crippen LogP contribution is 2.13. The van der Waals surface area contributed by atoms with E-state index >= 15 is 0 Å². The second-order valence-corrected chi connectivity index (χ2v) is 4.82. The van der Waals surface area contributed by atoms with Crippen LogP contribution in [0.15, 0.2) is 0 Å². The van der Waals surface area contributed by atoms with Gasteiger partial charge < -0.3 is 10.0 Å². The molecule has 1 rings (SSSR count). The largest absolute Gasteiger partial charge is 0.481 e. The van der Waals surface area contributed by atoms with Gasteiger partial charge in [0.15, 0.2) is 0 Å². The molecule has 1 atom stereocenters. The number of nitrogens with zero attached hydrogens (tertiary/aromatic N) is 2. The fourth-order valence-electron chi connectivity index (χ4n) is 2.32. The molecule has 1 fully saturated rings. The quantitative estimate of drug-likeness (QED) is 0.676. The number of carboxylic acids is 1. The average molecular weight is 284 g/mol. The molecule has 7 nitrogen and oxygen atoms in total. The van der Waals surface area contributed by atoms with Gasteiger partial charge in [-0.05, 0) is 13.8 Å². The maximum absolute atomic E-state index is 12.1. The lowest BCUT2D eigenvalue weighted by atomic mass is 10.2. The van der Waals surface area contributed by atoms with Crippen molar-refractivity contribution in [2.24, 2.45) is 0 Å². The van der Waals surface area contributed by atoms with Crippen LogP contribution in [-0.4, -0.2) is 57.7 Å². The maximum atomic E-state index is 12.1. The van der Waals surface area contributed by atoms with Crippen LogP contribution < -0.4 is 0 Å². The molecule has 1 saturated heterocycles. The van der Waals surface area contributed by atoms with Crippen molar-refractivity contribution in [3.63, 3.8) is 0 Å². The van der Waals surface area contributed by atoms with E-state index in [2.05, 4.69) is 0 Å². The molecule has 112 valence electrons. The highest BCUT2D eigenvalue weighted by atomic mass is 16.4. The van der Waals surface area contributed by atoms with Crippen molar-refractivity contribution < 1.29 is 24.3 Å². The number of carbonyl (C=O) groups is 4. The summed E-state index contributed by atoms with van der Waals surface area (Å²) in [6, 6.07) is -0.407. The third kappa shape index (κ3) is 4.04. The van der Waals surface area contributed by atoms with E-state index in [0.717, 1.165) is 4.90 Å². The highest BCUT2D eigenvalue weighted by molar-refractivity contribution is 6.02. The first-order chi connectivity index (χ1) is 9.36. The van der Waals surface area contributed by atoms with Gasteiger partial charge in [-0.25, -0.2) is 0 Å². The summed E-state index contributed by atoms with van der Waals surface area (Å²) in [7, 11) is 0. The van der Waals surface area contributed by atoms with E-state index in [1.165, 1.54) is 4.90 Å². The Hall–Kier alpha value is -1.92. The van der Waals surface area contributed by atoms with Crippen molar-refractivity contribution >= 4 is 23.7 Å². The fourth-order valence-corrected chi connectivity index (χ4v) is 2.32. The van der Waals surface area contributed by atoms with Crippen LogP contribution in [0.3, 0.4) is 0 Å². The second kappa shape index (κ2) is 7.02. The van der Waals surface area contributed by atoms with Gasteiger partial charge in [0.1, 0.15) is 0 Å². The molecule has 0 aromatic carbocycles. The number of rotatable bonds is 7. The van der Waals surface area contributed by atoms with Crippen molar-refractivity contribution in [3.8, 4) is 0 Å². The van der Waals surface area contributed by atoms with Gasteiger partial charge in [0.25, 0.3) is 0 Å². The molecule has 0 spiro atoms. The van der Waals surface area contributed by atoms with Crippen molar-refractivity contribution in [1.82, 2.24) is 9.80 Å². The standard InChI is InChI=1S/C13H20N2O5/c1-3-14(9(2)8-13(19)20)12(18)6-7-15-10(16)4-5-11(15)17/h9H,3-8H2,1-2H3,(H,19,20). The van der Waals surface area contributed by atoms with Crippen LogP contribution in [0.5, 0.6) is 0 Å². The molecule has 0 bridgehead atoms. The van der Waals surface area contributed by atoms with Crippen LogP contribution in [0, 0.1) is 0 Å². The lowest BCUT2D eigenvalue weighted by molar-refractivity contribution is -0.140. The van der Waals surface area contributed by atoms with E-state index in [9.17, 15) is 19.2 Å². The third-order valence-electron chi connectivity index (χ3n) is 3.37. The van der Waals surface area contributed by atoms with Gasteiger partial charge in [-0.2, -0.15) is 0 Å². The fraction of sp³-hybridized carbons (Fsp3) is 0.692. The van der Waals surface area contributed by atoms with Crippen LogP contribution in [0.2, 0.25) is 0 Å². The van der Waals surface area contributed by atoms with Crippen LogP contribution in [0.1, 0.15) is 39.5 Å². The molecule has 0 aliphatic carbocycles. The van der Waals surface area contributed by atoms with Gasteiger partial charge >= 0.3 is 5.97 Å². The minimum Gasteiger partial charge on any atom is -0.481 e. The first kappa shape index (κ1) is 16.1. The van der Waals surface area contributed by atoms with Crippen LogP contribution in [-0.2, 0) is 19.2 Å². The Morgan fingerprint density at radius 3 is 2.30 bits per heavy atom. The van der Waals surface area contributed by atoms with E-state index in [-0.39, 0.29) is 49.9 Å². The molecule has 0 aromatic heterocycles. The van der Waals surface area contributed by atoms with Gasteiger partial charge in [0, 0.05) is 38.4 Å². The van der Waals surface area contributed by atoms with E-state index < -0.39 is 12.0 Å². The zero-order chi connectivity index (χ0) is 15.3. The number of carboxylic acid groups (broad SMARTS) is 1. The van der Waals surface area contributed by atoms with Crippen molar-refractivity contribution in [2.75, 3.05) is 13.1 Å². The predicted molar refractivity (Wildman–Crippen MR) is 69.7 cm³/mol. The van der Waals surface area contributed by atoms with Crippen LogP contribution in [0.25, 0.3) is 0 Å². The van der Waals surface area contributed by atoms with Crippen molar-refractivity contribution in [2.45, 2.75) is 45.6 Å². The van der Waals surface area contributed by atoms with Crippen molar-refractivity contribution in [1.29, 1.82) is 0 Å². The molecule has 0 radical (unpaired) electrons. The van der Waals surface area contributed by atoms with E-state index in [1.54, 1.807) is 13.8 Å². The first-order valence-corrected chi connectivity index (χ1v) is 6.71. The zero-order valence-corrected chi connectivity index (χ0v) is 11.8. The first-order valence-electron chi connectivity index (χ1n) is 6.71. The maximum Gasteiger partial charge on any atom is 0.305 e. The normalized spacial score (nSPS) is 16.4. The summed E-state index contributed by atoms with van der Waals surface area (Å²) in [5, 5.41) is 8.75. The summed E-state index contributed by atoms with van der Waals surface area (Å²) in [5.41, 5.74) is 0. The summed E-state index contributed by atoms with van der Waals surface area (Å²) < 4.78 is 0. The smallest absolute Gasteiger partial charge is 0.305 e. The topological polar surface area (TPSA) is 95.0 Å².